The Balaban J connectivity index is 0.874. The zero-order chi connectivity index (χ0) is 33.3. The number of hydrogen-bond donors (Lipinski definition) is 0. The molecule has 0 aliphatic carbocycles. The van der Waals surface area contributed by atoms with Gasteiger partial charge in [-0.2, -0.15) is 0 Å². The normalized spacial score (nSPS) is 17.7. The van der Waals surface area contributed by atoms with E-state index < -0.39 is 18.0 Å². The van der Waals surface area contributed by atoms with Crippen LogP contribution in [0.3, 0.4) is 0 Å². The highest BCUT2D eigenvalue weighted by Gasteiger charge is 2.42. The summed E-state index contributed by atoms with van der Waals surface area (Å²) in [5.41, 5.74) is 1.83. The van der Waals surface area contributed by atoms with Gasteiger partial charge in [0.1, 0.15) is 25.4 Å². The molecule has 6 nitrogen and oxygen atoms in total. The topological polar surface area (TPSA) is 71.1 Å². The van der Waals surface area contributed by atoms with Crippen LogP contribution in [0.5, 0.6) is 0 Å². The molecule has 8 aromatic rings. The number of carbonyl (C=O) groups excluding carboxylic acids is 2. The maximum absolute atomic E-state index is 13.2. The summed E-state index contributed by atoms with van der Waals surface area (Å²) < 4.78 is 23.7. The molecule has 9 rings (SSSR count). The van der Waals surface area contributed by atoms with Crippen molar-refractivity contribution in [2.75, 3.05) is 13.2 Å². The minimum atomic E-state index is -0.910. The summed E-state index contributed by atoms with van der Waals surface area (Å²) in [6.45, 7) is 3.59. The lowest BCUT2D eigenvalue weighted by Gasteiger charge is -2.18. The van der Waals surface area contributed by atoms with Gasteiger partial charge in [-0.25, -0.2) is 0 Å². The van der Waals surface area contributed by atoms with Crippen LogP contribution in [0.25, 0.3) is 64.6 Å². The first-order chi connectivity index (χ1) is 23.8. The van der Waals surface area contributed by atoms with Gasteiger partial charge in [-0.1, -0.05) is 109 Å². The fourth-order valence-electron chi connectivity index (χ4n) is 7.85. The Bertz CT molecular complexity index is 2340. The minimum absolute atomic E-state index is 0.00859. The van der Waals surface area contributed by atoms with Crippen molar-refractivity contribution < 1.29 is 28.5 Å². The predicted molar refractivity (Wildman–Crippen MR) is 193 cm³/mol. The summed E-state index contributed by atoms with van der Waals surface area (Å²) in [6.07, 6.45) is -0.904. The van der Waals surface area contributed by atoms with Gasteiger partial charge >= 0.3 is 11.9 Å². The van der Waals surface area contributed by atoms with Crippen molar-refractivity contribution in [3.8, 4) is 0 Å². The maximum Gasteiger partial charge on any atom is 0.310 e. The maximum atomic E-state index is 13.2. The van der Waals surface area contributed by atoms with Gasteiger partial charge in [-0.05, 0) is 89.6 Å². The van der Waals surface area contributed by atoms with Crippen molar-refractivity contribution in [1.82, 2.24) is 0 Å². The number of rotatable bonds is 8. The molecular weight excluding hydrogens is 612 g/mol. The second-order valence-corrected chi connectivity index (χ2v) is 13.6. The van der Waals surface area contributed by atoms with E-state index >= 15 is 0 Å². The van der Waals surface area contributed by atoms with Crippen LogP contribution in [0, 0.1) is 0 Å². The zero-order valence-electron chi connectivity index (χ0n) is 27.3. The van der Waals surface area contributed by atoms with Crippen LogP contribution in [0.15, 0.2) is 109 Å². The molecule has 0 amide bonds. The molecule has 0 radical (unpaired) electrons. The number of hydrogen-bond acceptors (Lipinski definition) is 6. The van der Waals surface area contributed by atoms with E-state index in [0.717, 1.165) is 32.7 Å². The molecule has 1 aliphatic rings. The summed E-state index contributed by atoms with van der Waals surface area (Å²) >= 11 is 0. The molecule has 0 spiro atoms. The smallest absolute Gasteiger partial charge is 0.310 e. The van der Waals surface area contributed by atoms with Gasteiger partial charge in [0.2, 0.25) is 0 Å². The molecule has 1 aliphatic heterocycles. The number of esters is 2. The summed E-state index contributed by atoms with van der Waals surface area (Å²) in [7, 11) is 0. The van der Waals surface area contributed by atoms with Gasteiger partial charge in [0.25, 0.3) is 0 Å². The highest BCUT2D eigenvalue weighted by molar-refractivity contribution is 6.24. The molecule has 2 atom stereocenters. The van der Waals surface area contributed by atoms with E-state index in [1.165, 1.54) is 43.1 Å². The van der Waals surface area contributed by atoms with Crippen molar-refractivity contribution in [1.29, 1.82) is 0 Å². The molecule has 49 heavy (non-hydrogen) atoms. The lowest BCUT2D eigenvalue weighted by atomic mass is 9.91. The number of benzene rings is 8. The molecule has 0 N–H and O–H groups in total. The van der Waals surface area contributed by atoms with Crippen molar-refractivity contribution in [2.45, 2.75) is 44.7 Å². The largest absolute Gasteiger partial charge is 0.463 e. The molecular formula is C43H34O6. The standard InChI is InChI=1S/C43H34O6/c1-43(2)48-35(23-46-37(44)21-31-15-13-29-11-9-25-5-3-7-27-17-19-33(31)41(29)39(25)27)36(49-43)24-47-38(45)22-32-16-14-30-12-10-26-6-4-8-28-18-20-34(32)42(30)40(26)28/h3-20,35-36H,21-24H2,1-2H3. The number of ether oxygens (including phenoxy) is 4. The lowest BCUT2D eigenvalue weighted by Crippen LogP contribution is -2.33. The van der Waals surface area contributed by atoms with Crippen LogP contribution < -0.4 is 0 Å². The third kappa shape index (κ3) is 5.19. The molecule has 6 heteroatoms. The van der Waals surface area contributed by atoms with Crippen LogP contribution in [-0.2, 0) is 41.4 Å². The molecule has 242 valence electrons. The average Bonchev–Trinajstić information content (AvgIpc) is 3.42. The zero-order valence-corrected chi connectivity index (χ0v) is 27.3. The lowest BCUT2D eigenvalue weighted by molar-refractivity contribution is -0.163. The Morgan fingerprint density at radius 3 is 1.27 bits per heavy atom. The van der Waals surface area contributed by atoms with Crippen molar-refractivity contribution in [3.05, 3.63) is 120 Å². The van der Waals surface area contributed by atoms with Crippen LogP contribution in [0.1, 0.15) is 25.0 Å². The van der Waals surface area contributed by atoms with E-state index in [-0.39, 0.29) is 38.0 Å². The van der Waals surface area contributed by atoms with Gasteiger partial charge < -0.3 is 18.9 Å². The third-order valence-electron chi connectivity index (χ3n) is 10.0. The number of carbonyl (C=O) groups is 2. The quantitative estimate of drug-likeness (QED) is 0.121. The Hall–Kier alpha value is -5.30. The van der Waals surface area contributed by atoms with Gasteiger partial charge in [0.05, 0.1) is 12.8 Å². The van der Waals surface area contributed by atoms with Gasteiger partial charge in [-0.15, -0.1) is 0 Å². The van der Waals surface area contributed by atoms with E-state index in [0.29, 0.717) is 0 Å². The molecule has 1 fully saturated rings. The Morgan fingerprint density at radius 2 is 0.857 bits per heavy atom. The summed E-state index contributed by atoms with van der Waals surface area (Å²) in [5.74, 6) is -1.62. The Kier molecular flexibility index (Phi) is 6.94. The van der Waals surface area contributed by atoms with E-state index in [2.05, 4.69) is 97.1 Å². The second kappa shape index (κ2) is 11.4. The summed E-state index contributed by atoms with van der Waals surface area (Å²) in [5, 5.41) is 13.9. The van der Waals surface area contributed by atoms with Crippen LogP contribution in [0.2, 0.25) is 0 Å². The van der Waals surface area contributed by atoms with Crippen molar-refractivity contribution >= 4 is 76.6 Å². The second-order valence-electron chi connectivity index (χ2n) is 13.6. The van der Waals surface area contributed by atoms with Gasteiger partial charge in [0.15, 0.2) is 5.79 Å². The molecule has 0 aromatic heterocycles. The molecule has 0 bridgehead atoms. The van der Waals surface area contributed by atoms with E-state index in [1.807, 2.05) is 12.1 Å². The van der Waals surface area contributed by atoms with Crippen LogP contribution in [-0.4, -0.2) is 43.1 Å². The Labute approximate surface area is 282 Å². The highest BCUT2D eigenvalue weighted by atomic mass is 16.8. The fraction of sp³-hybridized carbons (Fsp3) is 0.209. The summed E-state index contributed by atoms with van der Waals surface area (Å²) in [4.78, 5) is 26.4. The first kappa shape index (κ1) is 29.8. The fourth-order valence-corrected chi connectivity index (χ4v) is 7.85. The monoisotopic (exact) mass is 646 g/mol. The first-order valence-electron chi connectivity index (χ1n) is 16.8. The van der Waals surface area contributed by atoms with E-state index in [1.54, 1.807) is 13.8 Å². The molecule has 1 saturated heterocycles. The van der Waals surface area contributed by atoms with E-state index in [4.69, 9.17) is 18.9 Å². The SMILES string of the molecule is CC1(C)OC(COC(=O)Cc2ccc3ccc4cccc5ccc2c3c45)C(COC(=O)Cc2ccc3ccc4cccc5ccc2c3c45)O1. The van der Waals surface area contributed by atoms with Crippen molar-refractivity contribution in [3.63, 3.8) is 0 Å². The molecule has 0 saturated carbocycles. The third-order valence-corrected chi connectivity index (χ3v) is 10.0. The predicted octanol–water partition coefficient (Wildman–Crippen LogP) is 8.87. The minimum Gasteiger partial charge on any atom is -0.463 e. The Morgan fingerprint density at radius 1 is 0.510 bits per heavy atom. The molecule has 2 unspecified atom stereocenters. The van der Waals surface area contributed by atoms with Crippen molar-refractivity contribution in [2.24, 2.45) is 0 Å². The first-order valence-corrected chi connectivity index (χ1v) is 16.8. The summed E-state index contributed by atoms with van der Waals surface area (Å²) in [6, 6.07) is 37.7. The van der Waals surface area contributed by atoms with Gasteiger partial charge in [-0.3, -0.25) is 9.59 Å². The van der Waals surface area contributed by atoms with Crippen LogP contribution >= 0.6 is 0 Å². The average molecular weight is 647 g/mol. The molecule has 8 aromatic carbocycles. The van der Waals surface area contributed by atoms with Gasteiger partial charge in [0, 0.05) is 0 Å². The highest BCUT2D eigenvalue weighted by Crippen LogP contribution is 2.38. The van der Waals surface area contributed by atoms with E-state index in [9.17, 15) is 9.59 Å². The molecule has 1 heterocycles. The van der Waals surface area contributed by atoms with Crippen LogP contribution in [0.4, 0.5) is 0 Å².